The Morgan fingerprint density at radius 1 is 1.14 bits per heavy atom. The third-order valence-corrected chi connectivity index (χ3v) is 11.8. The number of carbonyl (C=O) groups is 1. The van der Waals surface area contributed by atoms with Gasteiger partial charge in [0, 0.05) is 13.1 Å². The first kappa shape index (κ1) is 27.0. The minimum Gasteiger partial charge on any atom is -0.462 e. The fourth-order valence-corrected chi connectivity index (χ4v) is 9.51. The summed E-state index contributed by atoms with van der Waals surface area (Å²) in [7, 11) is 0. The summed E-state index contributed by atoms with van der Waals surface area (Å²) >= 11 is 0. The second-order valence-electron chi connectivity index (χ2n) is 14.0. The number of benzene rings is 1. The second kappa shape index (κ2) is 9.55. The minimum absolute atomic E-state index is 0.0111. The van der Waals surface area contributed by atoms with Crippen molar-refractivity contribution in [2.24, 2.45) is 21.8 Å². The van der Waals surface area contributed by atoms with E-state index in [9.17, 15) is 9.18 Å². The Hall–Kier alpha value is -3.40. The van der Waals surface area contributed by atoms with Crippen LogP contribution >= 0.6 is 0 Å². The van der Waals surface area contributed by atoms with Crippen molar-refractivity contribution in [3.05, 3.63) is 65.0 Å². The first-order valence-electron chi connectivity index (χ1n) is 16.2. The van der Waals surface area contributed by atoms with Crippen LogP contribution in [0.4, 0.5) is 13.2 Å². The molecule has 3 aliphatic carbocycles. The van der Waals surface area contributed by atoms with Gasteiger partial charge in [-0.05, 0) is 92.6 Å². The van der Waals surface area contributed by atoms with Gasteiger partial charge >= 0.3 is 6.02 Å². The van der Waals surface area contributed by atoms with Crippen molar-refractivity contribution >= 4 is 23.3 Å². The number of hydrogen-bond donors (Lipinski definition) is 0. The molecule has 230 valence electrons. The Morgan fingerprint density at radius 2 is 1.95 bits per heavy atom. The lowest BCUT2D eigenvalue weighted by molar-refractivity contribution is -0.131. The van der Waals surface area contributed by atoms with Crippen LogP contribution in [-0.2, 0) is 16.0 Å². The number of carbonyl (C=O) groups excluding carboxylic acids is 1. The molecule has 10 heteroatoms. The molecule has 5 fully saturated rings. The van der Waals surface area contributed by atoms with E-state index in [1.807, 2.05) is 17.0 Å². The number of amides is 1. The highest BCUT2D eigenvalue weighted by Gasteiger charge is 2.54. The summed E-state index contributed by atoms with van der Waals surface area (Å²) in [5.74, 6) is -2.12. The molecule has 4 unspecified atom stereocenters. The highest BCUT2D eigenvalue weighted by Crippen LogP contribution is 2.59. The lowest BCUT2D eigenvalue weighted by Crippen LogP contribution is -2.66. The van der Waals surface area contributed by atoms with E-state index >= 15 is 8.78 Å². The van der Waals surface area contributed by atoms with E-state index in [1.165, 1.54) is 16.5 Å². The van der Waals surface area contributed by atoms with Crippen LogP contribution in [-0.4, -0.2) is 88.9 Å². The van der Waals surface area contributed by atoms with Crippen LogP contribution in [0, 0.1) is 11.8 Å². The zero-order chi connectivity index (χ0) is 29.9. The summed E-state index contributed by atoms with van der Waals surface area (Å²) in [6, 6.07) is 4.64. The van der Waals surface area contributed by atoms with Crippen LogP contribution in [0.2, 0.25) is 0 Å². The van der Waals surface area contributed by atoms with Crippen molar-refractivity contribution in [3.8, 4) is 0 Å². The average molecular weight is 604 g/mol. The number of aliphatic imine (C=N–C) groups is 2. The fourth-order valence-electron chi connectivity index (χ4n) is 9.51. The van der Waals surface area contributed by atoms with Crippen LogP contribution in [0.15, 0.2) is 58.3 Å². The van der Waals surface area contributed by atoms with Crippen molar-refractivity contribution in [1.29, 1.82) is 0 Å². The number of fused-ring (bicyclic) bond motifs is 6. The van der Waals surface area contributed by atoms with Gasteiger partial charge in [0.15, 0.2) is 5.83 Å². The smallest absolute Gasteiger partial charge is 0.314 e. The van der Waals surface area contributed by atoms with Crippen LogP contribution in [0.3, 0.4) is 0 Å². The van der Waals surface area contributed by atoms with Gasteiger partial charge in [-0.15, -0.1) is 0 Å². The largest absolute Gasteiger partial charge is 0.462 e. The monoisotopic (exact) mass is 603 g/mol. The lowest BCUT2D eigenvalue weighted by Gasteiger charge is -2.50. The number of likely N-dealkylation sites (tertiary alicyclic amines) is 2. The quantitative estimate of drug-likeness (QED) is 0.452. The average Bonchev–Trinajstić information content (AvgIpc) is 3.29. The molecule has 1 saturated carbocycles. The lowest BCUT2D eigenvalue weighted by atomic mass is 9.82. The highest BCUT2D eigenvalue weighted by atomic mass is 19.1. The van der Waals surface area contributed by atoms with Crippen molar-refractivity contribution < 1.29 is 22.7 Å². The summed E-state index contributed by atoms with van der Waals surface area (Å²) in [6.07, 6.45) is 8.49. The zero-order valence-corrected chi connectivity index (χ0v) is 24.7. The number of rotatable bonds is 4. The van der Waals surface area contributed by atoms with Crippen molar-refractivity contribution in [2.45, 2.75) is 74.5 Å². The summed E-state index contributed by atoms with van der Waals surface area (Å²) in [6.45, 7) is 6.53. The summed E-state index contributed by atoms with van der Waals surface area (Å²) < 4.78 is 53.0. The van der Waals surface area contributed by atoms with Crippen LogP contribution in [0.25, 0.3) is 5.57 Å². The van der Waals surface area contributed by atoms with Crippen molar-refractivity contribution in [2.75, 3.05) is 32.8 Å². The second-order valence-corrected chi connectivity index (χ2v) is 14.0. The van der Waals surface area contributed by atoms with Gasteiger partial charge in [0.2, 0.25) is 0 Å². The molecule has 0 spiro atoms. The van der Waals surface area contributed by atoms with Crippen LogP contribution in [0.1, 0.15) is 61.1 Å². The predicted molar refractivity (Wildman–Crippen MR) is 160 cm³/mol. The third-order valence-electron chi connectivity index (χ3n) is 11.8. The number of allylic oxidation sites excluding steroid dienone is 2. The maximum Gasteiger partial charge on any atom is 0.314 e. The summed E-state index contributed by atoms with van der Waals surface area (Å²) in [4.78, 5) is 28.0. The predicted octanol–water partition coefficient (Wildman–Crippen LogP) is 5.06. The van der Waals surface area contributed by atoms with Gasteiger partial charge in [-0.25, -0.2) is 18.2 Å². The molecule has 6 atom stereocenters. The van der Waals surface area contributed by atoms with Gasteiger partial charge in [0.1, 0.15) is 30.1 Å². The highest BCUT2D eigenvalue weighted by molar-refractivity contribution is 6.01. The van der Waals surface area contributed by atoms with Gasteiger partial charge in [-0.1, -0.05) is 24.8 Å². The van der Waals surface area contributed by atoms with Gasteiger partial charge < -0.3 is 14.5 Å². The molecule has 1 amide bonds. The van der Waals surface area contributed by atoms with Gasteiger partial charge in [0.05, 0.1) is 29.1 Å². The Balaban J connectivity index is 1.07. The molecule has 5 aliphatic heterocycles. The molecule has 0 N–H and O–H groups in total. The Labute approximate surface area is 254 Å². The van der Waals surface area contributed by atoms with E-state index < -0.39 is 35.3 Å². The van der Waals surface area contributed by atoms with E-state index in [2.05, 4.69) is 17.5 Å². The van der Waals surface area contributed by atoms with E-state index in [4.69, 9.17) is 14.7 Å². The first-order chi connectivity index (χ1) is 21.3. The summed E-state index contributed by atoms with van der Waals surface area (Å²) in [5.41, 5.74) is 2.90. The maximum atomic E-state index is 16.8. The molecule has 8 aliphatic rings. The molecule has 0 radical (unpaired) electrons. The number of ether oxygens (including phenoxy) is 1. The minimum atomic E-state index is -0.996. The van der Waals surface area contributed by atoms with Crippen LogP contribution < -0.4 is 0 Å². The number of hydrogen-bond acceptors (Lipinski definition) is 6. The fraction of sp³-hybridized carbons (Fsp3) is 0.559. The van der Waals surface area contributed by atoms with E-state index in [1.54, 1.807) is 0 Å². The Kier molecular flexibility index (Phi) is 5.85. The van der Waals surface area contributed by atoms with E-state index in [0.29, 0.717) is 49.4 Å². The standard InChI is InChI=1S/C34H36F3N5O2/c1-18(35)32(43)41-12-7-25-26(41)16-42(25)31-23-15-24(36)28(21-6-2-5-19-13-20-14-22(20)27(19)21)29(37)30(23)38-33(39-31)44-17-34-8-3-10-40(34)11-4-9-34/h2,5-6,15,20,22-23,25-26,30H,1,3-4,7-14,16-17H2/t20?,22?,23?,25-,26-,30?/m1/s1. The zero-order valence-electron chi connectivity index (χ0n) is 24.7. The molecular formula is C34H36F3N5O2. The molecule has 4 saturated heterocycles. The molecule has 44 heavy (non-hydrogen) atoms. The van der Waals surface area contributed by atoms with E-state index in [0.717, 1.165) is 57.2 Å². The van der Waals surface area contributed by atoms with Crippen molar-refractivity contribution in [1.82, 2.24) is 14.7 Å². The Bertz CT molecular complexity index is 1610. The maximum absolute atomic E-state index is 16.8. The summed E-state index contributed by atoms with van der Waals surface area (Å²) in [5, 5.41) is 0. The SMILES string of the molecule is C=C(F)C(=O)N1CC[C@@H]2[C@H]1CN2C1=NC(OCC23CCCN2CCC3)=NC2C(F)=C(c3cccc4c3C3CC3C4)C(F)=CC12. The van der Waals surface area contributed by atoms with Gasteiger partial charge in [0.25, 0.3) is 5.91 Å². The molecule has 0 aromatic heterocycles. The first-order valence-corrected chi connectivity index (χ1v) is 16.2. The molecule has 9 rings (SSSR count). The molecular weight excluding hydrogens is 567 g/mol. The number of amidine groups is 2. The third kappa shape index (κ3) is 3.82. The number of nitrogens with zero attached hydrogens (tertiary/aromatic N) is 5. The normalized spacial score (nSPS) is 34.3. The van der Waals surface area contributed by atoms with Gasteiger partial charge in [-0.3, -0.25) is 9.69 Å². The van der Waals surface area contributed by atoms with Crippen LogP contribution in [0.5, 0.6) is 0 Å². The van der Waals surface area contributed by atoms with E-state index in [-0.39, 0.29) is 29.2 Å². The molecule has 5 heterocycles. The molecule has 7 nitrogen and oxygen atoms in total. The Morgan fingerprint density at radius 3 is 2.75 bits per heavy atom. The topological polar surface area (TPSA) is 60.7 Å². The molecule has 1 aromatic rings. The number of halogens is 3. The molecule has 1 aromatic carbocycles. The molecule has 0 bridgehead atoms. The van der Waals surface area contributed by atoms with Gasteiger partial charge in [-0.2, -0.15) is 4.99 Å². The van der Waals surface area contributed by atoms with Crippen molar-refractivity contribution in [3.63, 3.8) is 0 Å².